The molecule has 2 aromatic rings. The van der Waals surface area contributed by atoms with Crippen LogP contribution in [0.15, 0.2) is 37.8 Å². The standard InChI is InChI=1S/C10H11BrN2O3S2/c11-10-9(3-8(4-12)17-10)18(14,15)13-5-7-1-2-16-6-7/h1-3,6,13H,4-5,12H2. The van der Waals surface area contributed by atoms with E-state index in [9.17, 15) is 8.42 Å². The fourth-order valence-corrected chi connectivity index (χ4v) is 4.91. The van der Waals surface area contributed by atoms with Crippen LogP contribution in [-0.4, -0.2) is 8.42 Å². The Kier molecular flexibility index (Phi) is 4.23. The van der Waals surface area contributed by atoms with Crippen LogP contribution in [0.25, 0.3) is 0 Å². The SMILES string of the molecule is NCc1cc(S(=O)(=O)NCc2ccoc2)c(Br)s1. The predicted molar refractivity (Wildman–Crippen MR) is 72.6 cm³/mol. The fraction of sp³-hybridized carbons (Fsp3) is 0.200. The van der Waals surface area contributed by atoms with Gasteiger partial charge in [-0.25, -0.2) is 13.1 Å². The Balaban J connectivity index is 2.17. The smallest absolute Gasteiger partial charge is 0.242 e. The van der Waals surface area contributed by atoms with E-state index in [2.05, 4.69) is 20.7 Å². The minimum Gasteiger partial charge on any atom is -0.472 e. The maximum Gasteiger partial charge on any atom is 0.242 e. The molecule has 0 aliphatic rings. The highest BCUT2D eigenvalue weighted by Gasteiger charge is 2.20. The van der Waals surface area contributed by atoms with E-state index in [4.69, 9.17) is 10.2 Å². The maximum absolute atomic E-state index is 12.1. The van der Waals surface area contributed by atoms with Crippen molar-refractivity contribution in [2.75, 3.05) is 0 Å². The fourth-order valence-electron chi connectivity index (χ4n) is 1.33. The third kappa shape index (κ3) is 3.01. The van der Waals surface area contributed by atoms with E-state index in [-0.39, 0.29) is 11.4 Å². The van der Waals surface area contributed by atoms with Gasteiger partial charge in [-0.3, -0.25) is 0 Å². The van der Waals surface area contributed by atoms with Gasteiger partial charge in [0, 0.05) is 23.5 Å². The molecule has 0 radical (unpaired) electrons. The van der Waals surface area contributed by atoms with Crippen LogP contribution in [0.3, 0.4) is 0 Å². The molecule has 2 aromatic heterocycles. The Labute approximate surface area is 117 Å². The summed E-state index contributed by atoms with van der Waals surface area (Å²) in [6, 6.07) is 3.28. The van der Waals surface area contributed by atoms with Crippen molar-refractivity contribution >= 4 is 37.3 Å². The zero-order valence-electron chi connectivity index (χ0n) is 9.22. The van der Waals surface area contributed by atoms with Crippen LogP contribution in [0.4, 0.5) is 0 Å². The van der Waals surface area contributed by atoms with Crippen LogP contribution in [0, 0.1) is 0 Å². The third-order valence-electron chi connectivity index (χ3n) is 2.24. The highest BCUT2D eigenvalue weighted by molar-refractivity contribution is 9.11. The summed E-state index contributed by atoms with van der Waals surface area (Å²) < 4.78 is 32.1. The minimum atomic E-state index is -3.54. The Morgan fingerprint density at radius 1 is 1.50 bits per heavy atom. The molecule has 5 nitrogen and oxygen atoms in total. The Morgan fingerprint density at radius 3 is 2.83 bits per heavy atom. The first kappa shape index (κ1) is 13.8. The van der Waals surface area contributed by atoms with E-state index in [0.717, 1.165) is 10.4 Å². The van der Waals surface area contributed by atoms with Gasteiger partial charge in [0.05, 0.1) is 16.3 Å². The zero-order valence-corrected chi connectivity index (χ0v) is 12.4. The molecule has 0 aromatic carbocycles. The molecule has 0 aliphatic heterocycles. The average Bonchev–Trinajstić information content (AvgIpc) is 2.95. The molecule has 0 bridgehead atoms. The molecular formula is C10H11BrN2O3S2. The molecule has 2 heterocycles. The maximum atomic E-state index is 12.1. The topological polar surface area (TPSA) is 85.3 Å². The lowest BCUT2D eigenvalue weighted by molar-refractivity contribution is 0.561. The molecule has 2 rings (SSSR count). The Bertz CT molecular complexity index is 620. The van der Waals surface area contributed by atoms with Crippen LogP contribution in [0.1, 0.15) is 10.4 Å². The van der Waals surface area contributed by atoms with E-state index in [1.54, 1.807) is 12.1 Å². The number of rotatable bonds is 5. The number of hydrogen-bond acceptors (Lipinski definition) is 5. The molecule has 0 fully saturated rings. The molecule has 0 atom stereocenters. The normalized spacial score (nSPS) is 11.9. The van der Waals surface area contributed by atoms with E-state index in [0.29, 0.717) is 10.3 Å². The summed E-state index contributed by atoms with van der Waals surface area (Å²) >= 11 is 4.56. The van der Waals surface area contributed by atoms with Gasteiger partial charge in [-0.15, -0.1) is 11.3 Å². The molecule has 8 heteroatoms. The van der Waals surface area contributed by atoms with Gasteiger partial charge in [-0.05, 0) is 28.1 Å². The number of nitrogens with one attached hydrogen (secondary N) is 1. The van der Waals surface area contributed by atoms with E-state index >= 15 is 0 Å². The van der Waals surface area contributed by atoms with Gasteiger partial charge in [-0.2, -0.15) is 0 Å². The number of sulfonamides is 1. The van der Waals surface area contributed by atoms with E-state index in [1.807, 2.05) is 0 Å². The van der Waals surface area contributed by atoms with Crippen molar-refractivity contribution in [1.29, 1.82) is 0 Å². The molecule has 0 amide bonds. The molecule has 0 aliphatic carbocycles. The molecule has 3 N–H and O–H groups in total. The summed E-state index contributed by atoms with van der Waals surface area (Å²) in [4.78, 5) is 1.03. The second kappa shape index (κ2) is 5.54. The summed E-state index contributed by atoms with van der Waals surface area (Å²) in [7, 11) is -3.54. The number of halogens is 1. The highest BCUT2D eigenvalue weighted by Crippen LogP contribution is 2.31. The van der Waals surface area contributed by atoms with Crippen molar-refractivity contribution in [3.05, 3.63) is 38.9 Å². The number of nitrogens with two attached hydrogens (primary N) is 1. The molecule has 0 unspecified atom stereocenters. The van der Waals surface area contributed by atoms with Gasteiger partial charge in [0.15, 0.2) is 0 Å². The lowest BCUT2D eigenvalue weighted by Gasteiger charge is -2.03. The van der Waals surface area contributed by atoms with Crippen molar-refractivity contribution in [1.82, 2.24) is 4.72 Å². The first-order valence-electron chi connectivity index (χ1n) is 5.02. The number of hydrogen-bond donors (Lipinski definition) is 2. The van der Waals surface area contributed by atoms with Crippen LogP contribution in [-0.2, 0) is 23.1 Å². The van der Waals surface area contributed by atoms with Gasteiger partial charge in [0.2, 0.25) is 10.0 Å². The summed E-state index contributed by atoms with van der Waals surface area (Å²) in [5.74, 6) is 0. The van der Waals surface area contributed by atoms with Crippen molar-refractivity contribution < 1.29 is 12.8 Å². The molecule has 0 spiro atoms. The van der Waals surface area contributed by atoms with Crippen LogP contribution >= 0.6 is 27.3 Å². The third-order valence-corrected chi connectivity index (χ3v) is 5.92. The number of thiophene rings is 1. The monoisotopic (exact) mass is 350 g/mol. The van der Waals surface area contributed by atoms with E-state index in [1.165, 1.54) is 23.9 Å². The summed E-state index contributed by atoms with van der Waals surface area (Å²) in [6.45, 7) is 0.513. The average molecular weight is 351 g/mol. The Hall–Kier alpha value is -0.670. The zero-order chi connectivity index (χ0) is 13.2. The van der Waals surface area contributed by atoms with Crippen molar-refractivity contribution in [3.8, 4) is 0 Å². The van der Waals surface area contributed by atoms with Crippen LogP contribution in [0.2, 0.25) is 0 Å². The lowest BCUT2D eigenvalue weighted by atomic mass is 10.4. The second-order valence-corrected chi connectivity index (χ2v) is 7.70. The lowest BCUT2D eigenvalue weighted by Crippen LogP contribution is -2.22. The first-order chi connectivity index (χ1) is 8.53. The second-order valence-electron chi connectivity index (χ2n) is 3.51. The van der Waals surface area contributed by atoms with Gasteiger partial charge in [0.25, 0.3) is 0 Å². The van der Waals surface area contributed by atoms with Crippen molar-refractivity contribution in [2.45, 2.75) is 18.0 Å². The molecule has 0 saturated heterocycles. The van der Waals surface area contributed by atoms with E-state index < -0.39 is 10.0 Å². The van der Waals surface area contributed by atoms with Crippen LogP contribution in [0.5, 0.6) is 0 Å². The van der Waals surface area contributed by atoms with Crippen LogP contribution < -0.4 is 10.5 Å². The van der Waals surface area contributed by atoms with Crippen molar-refractivity contribution in [3.63, 3.8) is 0 Å². The molecule has 0 saturated carbocycles. The quantitative estimate of drug-likeness (QED) is 0.863. The first-order valence-corrected chi connectivity index (χ1v) is 8.11. The van der Waals surface area contributed by atoms with Gasteiger partial charge in [0.1, 0.15) is 4.90 Å². The Morgan fingerprint density at radius 2 is 2.28 bits per heavy atom. The predicted octanol–water partition coefficient (Wildman–Crippen LogP) is 2.04. The van der Waals surface area contributed by atoms with Gasteiger partial charge in [-0.1, -0.05) is 0 Å². The highest BCUT2D eigenvalue weighted by atomic mass is 79.9. The molecule has 18 heavy (non-hydrogen) atoms. The summed E-state index contributed by atoms with van der Waals surface area (Å²) in [6.07, 6.45) is 2.99. The van der Waals surface area contributed by atoms with Gasteiger partial charge >= 0.3 is 0 Å². The summed E-state index contributed by atoms with van der Waals surface area (Å²) in [5, 5.41) is 0. The number of furan rings is 1. The van der Waals surface area contributed by atoms with Crippen molar-refractivity contribution in [2.24, 2.45) is 5.73 Å². The molecular weight excluding hydrogens is 340 g/mol. The molecule has 98 valence electrons. The summed E-state index contributed by atoms with van der Waals surface area (Å²) in [5.41, 5.74) is 6.26. The van der Waals surface area contributed by atoms with Gasteiger partial charge < -0.3 is 10.2 Å². The largest absolute Gasteiger partial charge is 0.472 e. The minimum absolute atomic E-state index is 0.194.